The Morgan fingerprint density at radius 3 is 2.43 bits per heavy atom. The smallest absolute Gasteiger partial charge is 0.318 e. The molecule has 0 spiro atoms. The summed E-state index contributed by atoms with van der Waals surface area (Å²) in [6.45, 7) is 1.37. The first-order valence-corrected chi connectivity index (χ1v) is 9.10. The third kappa shape index (κ3) is 4.74. The molecule has 1 aliphatic heterocycles. The van der Waals surface area contributed by atoms with Crippen molar-refractivity contribution in [3.8, 4) is 0 Å². The second-order valence-electron chi connectivity index (χ2n) is 5.05. The summed E-state index contributed by atoms with van der Waals surface area (Å²) in [6, 6.07) is 5.63. The van der Waals surface area contributed by atoms with Crippen molar-refractivity contribution in [1.29, 1.82) is 0 Å². The second kappa shape index (κ2) is 7.39. The summed E-state index contributed by atoms with van der Waals surface area (Å²) in [6.07, 6.45) is 0. The number of carbonyl (C=O) groups excluding carboxylic acids is 2. The lowest BCUT2D eigenvalue weighted by Gasteiger charge is -2.33. The predicted octanol–water partition coefficient (Wildman–Crippen LogP) is -0.0497. The van der Waals surface area contributed by atoms with Gasteiger partial charge < -0.3 is 5.73 Å². The number of rotatable bonds is 4. The predicted molar refractivity (Wildman–Crippen MR) is 87.1 cm³/mol. The van der Waals surface area contributed by atoms with Gasteiger partial charge in [-0.2, -0.15) is 4.31 Å². The molecule has 126 valence electrons. The van der Waals surface area contributed by atoms with E-state index in [2.05, 4.69) is 15.9 Å². The molecule has 23 heavy (non-hydrogen) atoms. The standard InChI is InChI=1S/C13H17BrN4O4S/c14-10-2-1-3-11(8-10)23(21,22)18-6-4-17(5-7-18)9-12(19)16-13(15)20/h1-3,8H,4-7,9H2,(H3,15,16,19,20). The third-order valence-electron chi connectivity index (χ3n) is 3.39. The number of sulfonamides is 1. The molecule has 10 heteroatoms. The number of halogens is 1. The van der Waals surface area contributed by atoms with Crippen LogP contribution in [0, 0.1) is 0 Å². The van der Waals surface area contributed by atoms with Gasteiger partial charge in [0.25, 0.3) is 0 Å². The van der Waals surface area contributed by atoms with E-state index in [0.29, 0.717) is 17.6 Å². The van der Waals surface area contributed by atoms with Crippen LogP contribution in [0.3, 0.4) is 0 Å². The third-order valence-corrected chi connectivity index (χ3v) is 5.78. The zero-order valence-corrected chi connectivity index (χ0v) is 14.6. The summed E-state index contributed by atoms with van der Waals surface area (Å²) < 4.78 is 27.2. The van der Waals surface area contributed by atoms with E-state index in [1.807, 2.05) is 5.32 Å². The van der Waals surface area contributed by atoms with Crippen molar-refractivity contribution in [2.45, 2.75) is 4.90 Å². The number of piperazine rings is 1. The first kappa shape index (κ1) is 17.9. The highest BCUT2D eigenvalue weighted by atomic mass is 79.9. The number of nitrogens with zero attached hydrogens (tertiary/aromatic N) is 2. The molecule has 3 amide bonds. The van der Waals surface area contributed by atoms with Gasteiger partial charge in [0, 0.05) is 30.7 Å². The Morgan fingerprint density at radius 1 is 1.22 bits per heavy atom. The molecule has 1 aliphatic rings. The van der Waals surface area contributed by atoms with Gasteiger partial charge in [-0.3, -0.25) is 15.0 Å². The fourth-order valence-corrected chi connectivity index (χ4v) is 4.30. The van der Waals surface area contributed by atoms with E-state index >= 15 is 0 Å². The molecule has 0 saturated carbocycles. The van der Waals surface area contributed by atoms with Crippen LogP contribution in [0.4, 0.5) is 4.79 Å². The first-order chi connectivity index (χ1) is 10.8. The maximum absolute atomic E-state index is 12.6. The summed E-state index contributed by atoms with van der Waals surface area (Å²) in [4.78, 5) is 24.1. The minimum atomic E-state index is -3.55. The minimum Gasteiger partial charge on any atom is -0.351 e. The Labute approximate surface area is 142 Å². The number of primary amides is 1. The lowest BCUT2D eigenvalue weighted by atomic mass is 10.3. The van der Waals surface area contributed by atoms with Gasteiger partial charge in [0.2, 0.25) is 15.9 Å². The van der Waals surface area contributed by atoms with Crippen LogP contribution in [0.25, 0.3) is 0 Å². The normalized spacial score (nSPS) is 16.9. The molecular formula is C13H17BrN4O4S. The van der Waals surface area contributed by atoms with E-state index in [-0.39, 0.29) is 24.5 Å². The Kier molecular flexibility index (Phi) is 5.74. The van der Waals surface area contributed by atoms with E-state index in [0.717, 1.165) is 0 Å². The quantitative estimate of drug-likeness (QED) is 0.730. The molecule has 0 radical (unpaired) electrons. The molecular weight excluding hydrogens is 388 g/mol. The summed E-state index contributed by atoms with van der Waals surface area (Å²) >= 11 is 3.26. The minimum absolute atomic E-state index is 0.00765. The number of nitrogens with one attached hydrogen (secondary N) is 1. The van der Waals surface area contributed by atoms with E-state index in [9.17, 15) is 18.0 Å². The van der Waals surface area contributed by atoms with Crippen molar-refractivity contribution in [2.75, 3.05) is 32.7 Å². The maximum Gasteiger partial charge on any atom is 0.318 e. The number of hydrogen-bond donors (Lipinski definition) is 2. The van der Waals surface area contributed by atoms with Crippen LogP contribution < -0.4 is 11.1 Å². The molecule has 2 rings (SSSR count). The summed E-state index contributed by atoms with van der Waals surface area (Å²) in [5.74, 6) is -0.499. The van der Waals surface area contributed by atoms with Gasteiger partial charge in [0.15, 0.2) is 0 Å². The fourth-order valence-electron chi connectivity index (χ4n) is 2.28. The molecule has 0 atom stereocenters. The molecule has 1 saturated heterocycles. The highest BCUT2D eigenvalue weighted by molar-refractivity contribution is 9.10. The van der Waals surface area contributed by atoms with Gasteiger partial charge in [-0.15, -0.1) is 0 Å². The van der Waals surface area contributed by atoms with Crippen molar-refractivity contribution in [2.24, 2.45) is 5.73 Å². The Balaban J connectivity index is 1.96. The number of hydrogen-bond acceptors (Lipinski definition) is 5. The highest BCUT2D eigenvalue weighted by Gasteiger charge is 2.29. The number of imide groups is 1. The fraction of sp³-hybridized carbons (Fsp3) is 0.385. The van der Waals surface area contributed by atoms with Crippen molar-refractivity contribution in [1.82, 2.24) is 14.5 Å². The number of benzene rings is 1. The Bertz CT molecular complexity index is 702. The summed E-state index contributed by atoms with van der Waals surface area (Å²) in [5.41, 5.74) is 4.87. The zero-order valence-electron chi connectivity index (χ0n) is 12.2. The van der Waals surface area contributed by atoms with Gasteiger partial charge in [-0.05, 0) is 18.2 Å². The largest absolute Gasteiger partial charge is 0.351 e. The average molecular weight is 405 g/mol. The average Bonchev–Trinajstić information content (AvgIpc) is 2.47. The van der Waals surface area contributed by atoms with E-state index in [4.69, 9.17) is 5.73 Å². The molecule has 8 nitrogen and oxygen atoms in total. The van der Waals surface area contributed by atoms with Crippen molar-refractivity contribution >= 4 is 37.9 Å². The zero-order chi connectivity index (χ0) is 17.0. The van der Waals surface area contributed by atoms with Crippen molar-refractivity contribution in [3.63, 3.8) is 0 Å². The van der Waals surface area contributed by atoms with E-state index in [1.54, 1.807) is 29.2 Å². The van der Waals surface area contributed by atoms with Crippen LogP contribution in [0.1, 0.15) is 0 Å². The lowest BCUT2D eigenvalue weighted by Crippen LogP contribution is -2.51. The van der Waals surface area contributed by atoms with Gasteiger partial charge in [-0.25, -0.2) is 13.2 Å². The van der Waals surface area contributed by atoms with Gasteiger partial charge in [0.1, 0.15) is 0 Å². The number of nitrogens with two attached hydrogens (primary N) is 1. The maximum atomic E-state index is 12.6. The first-order valence-electron chi connectivity index (χ1n) is 6.86. The summed E-state index contributed by atoms with van der Waals surface area (Å²) in [7, 11) is -3.55. The van der Waals surface area contributed by atoms with Gasteiger partial charge >= 0.3 is 6.03 Å². The van der Waals surface area contributed by atoms with Crippen LogP contribution in [0.15, 0.2) is 33.6 Å². The van der Waals surface area contributed by atoms with E-state index in [1.165, 1.54) is 4.31 Å². The van der Waals surface area contributed by atoms with Crippen LogP contribution >= 0.6 is 15.9 Å². The second-order valence-corrected chi connectivity index (χ2v) is 7.90. The molecule has 0 bridgehead atoms. The molecule has 0 unspecified atom stereocenters. The SMILES string of the molecule is NC(=O)NC(=O)CN1CCN(S(=O)(=O)c2cccc(Br)c2)CC1. The van der Waals surface area contributed by atoms with Gasteiger partial charge in [0.05, 0.1) is 11.4 Å². The van der Waals surface area contributed by atoms with Crippen LogP contribution in [0.5, 0.6) is 0 Å². The lowest BCUT2D eigenvalue weighted by molar-refractivity contribution is -0.121. The monoisotopic (exact) mass is 404 g/mol. The molecule has 0 aliphatic carbocycles. The van der Waals surface area contributed by atoms with Crippen LogP contribution in [-0.4, -0.2) is 62.3 Å². The Hall–Kier alpha value is -1.49. The van der Waals surface area contributed by atoms with Crippen molar-refractivity contribution < 1.29 is 18.0 Å². The van der Waals surface area contributed by atoms with Crippen LogP contribution in [0.2, 0.25) is 0 Å². The molecule has 1 heterocycles. The number of amides is 3. The molecule has 0 aromatic heterocycles. The molecule has 3 N–H and O–H groups in total. The van der Waals surface area contributed by atoms with Crippen molar-refractivity contribution in [3.05, 3.63) is 28.7 Å². The molecule has 1 fully saturated rings. The highest BCUT2D eigenvalue weighted by Crippen LogP contribution is 2.21. The van der Waals surface area contributed by atoms with E-state index < -0.39 is 22.0 Å². The topological polar surface area (TPSA) is 113 Å². The molecule has 1 aromatic rings. The summed E-state index contributed by atoms with van der Waals surface area (Å²) in [5, 5.41) is 1.98. The van der Waals surface area contributed by atoms with Crippen LogP contribution in [-0.2, 0) is 14.8 Å². The van der Waals surface area contributed by atoms with Gasteiger partial charge in [-0.1, -0.05) is 22.0 Å². The Morgan fingerprint density at radius 2 is 1.87 bits per heavy atom. The number of carbonyl (C=O) groups is 2. The molecule has 1 aromatic carbocycles. The number of urea groups is 1.